The summed E-state index contributed by atoms with van der Waals surface area (Å²) in [5, 5.41) is 0. The van der Waals surface area contributed by atoms with Crippen molar-refractivity contribution in [3.8, 4) is 17.2 Å². The molecule has 0 aliphatic heterocycles. The number of methoxy groups -OCH3 is 2. The van der Waals surface area contributed by atoms with Crippen LogP contribution in [0.15, 0.2) is 12.1 Å². The van der Waals surface area contributed by atoms with Gasteiger partial charge in [0.2, 0.25) is 5.75 Å². The topological polar surface area (TPSA) is 57.2 Å². The first-order valence-electron chi connectivity index (χ1n) is 9.69. The van der Waals surface area contributed by atoms with E-state index in [2.05, 4.69) is 11.8 Å². The SMILES string of the molecule is CCCCCCOc1c(OC)cc(CC(=O)OCCCN(C)C)cc1OC. The monoisotopic (exact) mass is 381 g/mol. The molecule has 0 fully saturated rings. The third-order valence-corrected chi connectivity index (χ3v) is 4.13. The van der Waals surface area contributed by atoms with Gasteiger partial charge >= 0.3 is 5.97 Å². The number of unbranched alkanes of at least 4 members (excludes halogenated alkanes) is 3. The molecule has 0 amide bonds. The molecule has 0 radical (unpaired) electrons. The molecular weight excluding hydrogens is 346 g/mol. The van der Waals surface area contributed by atoms with Crippen LogP contribution in [-0.4, -0.2) is 58.9 Å². The average molecular weight is 382 g/mol. The van der Waals surface area contributed by atoms with E-state index in [1.54, 1.807) is 14.2 Å². The van der Waals surface area contributed by atoms with E-state index in [9.17, 15) is 4.79 Å². The second-order valence-electron chi connectivity index (χ2n) is 6.79. The quantitative estimate of drug-likeness (QED) is 0.362. The minimum Gasteiger partial charge on any atom is -0.493 e. The van der Waals surface area contributed by atoms with Gasteiger partial charge in [-0.05, 0) is 44.6 Å². The largest absolute Gasteiger partial charge is 0.493 e. The molecule has 0 heterocycles. The highest BCUT2D eigenvalue weighted by molar-refractivity contribution is 5.73. The lowest BCUT2D eigenvalue weighted by Crippen LogP contribution is -2.17. The molecule has 0 N–H and O–H groups in total. The number of hydrogen-bond acceptors (Lipinski definition) is 6. The molecule has 0 atom stereocenters. The molecule has 1 aromatic carbocycles. The Morgan fingerprint density at radius 2 is 1.63 bits per heavy atom. The maximum Gasteiger partial charge on any atom is 0.310 e. The molecule has 6 nitrogen and oxygen atoms in total. The Morgan fingerprint density at radius 1 is 0.963 bits per heavy atom. The summed E-state index contributed by atoms with van der Waals surface area (Å²) in [6, 6.07) is 3.62. The van der Waals surface area contributed by atoms with E-state index < -0.39 is 0 Å². The fraction of sp³-hybridized carbons (Fsp3) is 0.667. The molecular formula is C21H35NO5. The van der Waals surface area contributed by atoms with Gasteiger partial charge in [0.25, 0.3) is 0 Å². The standard InChI is InChI=1S/C21H35NO5/c1-6-7-8-9-12-27-21-18(24-4)14-17(15-19(21)25-5)16-20(23)26-13-10-11-22(2)3/h14-15H,6-13,16H2,1-5H3. The summed E-state index contributed by atoms with van der Waals surface area (Å²) < 4.78 is 22.1. The van der Waals surface area contributed by atoms with Crippen molar-refractivity contribution in [2.45, 2.75) is 45.4 Å². The molecule has 0 saturated heterocycles. The Balaban J connectivity index is 2.67. The second kappa shape index (κ2) is 13.3. The molecule has 0 unspecified atom stereocenters. The number of nitrogens with zero attached hydrogens (tertiary/aromatic N) is 1. The molecule has 0 aliphatic carbocycles. The molecule has 0 spiro atoms. The first-order valence-corrected chi connectivity index (χ1v) is 9.69. The number of carbonyl (C=O) groups excluding carboxylic acids is 1. The minimum absolute atomic E-state index is 0.172. The van der Waals surface area contributed by atoms with Gasteiger partial charge in [0.1, 0.15) is 0 Å². The van der Waals surface area contributed by atoms with Crippen molar-refractivity contribution < 1.29 is 23.7 Å². The summed E-state index contributed by atoms with van der Waals surface area (Å²) in [4.78, 5) is 14.1. The predicted molar refractivity (Wildman–Crippen MR) is 107 cm³/mol. The normalized spacial score (nSPS) is 10.7. The van der Waals surface area contributed by atoms with Crippen LogP contribution in [0.2, 0.25) is 0 Å². The highest BCUT2D eigenvalue weighted by Crippen LogP contribution is 2.39. The third-order valence-electron chi connectivity index (χ3n) is 4.13. The Morgan fingerprint density at radius 3 is 2.19 bits per heavy atom. The summed E-state index contributed by atoms with van der Waals surface area (Å²) in [5.74, 6) is 1.46. The molecule has 6 heteroatoms. The van der Waals surface area contributed by atoms with Gasteiger partial charge in [-0.3, -0.25) is 4.79 Å². The molecule has 0 bridgehead atoms. The van der Waals surface area contributed by atoms with Crippen LogP contribution in [-0.2, 0) is 16.0 Å². The van der Waals surface area contributed by atoms with Crippen molar-refractivity contribution >= 4 is 5.97 Å². The average Bonchev–Trinajstić information content (AvgIpc) is 2.65. The fourth-order valence-corrected chi connectivity index (χ4v) is 2.67. The van der Waals surface area contributed by atoms with Gasteiger partial charge in [-0.2, -0.15) is 0 Å². The zero-order valence-corrected chi connectivity index (χ0v) is 17.5. The van der Waals surface area contributed by atoms with Crippen molar-refractivity contribution in [3.05, 3.63) is 17.7 Å². The lowest BCUT2D eigenvalue weighted by molar-refractivity contribution is -0.143. The number of rotatable bonds is 14. The van der Waals surface area contributed by atoms with Gasteiger partial charge < -0.3 is 23.8 Å². The van der Waals surface area contributed by atoms with Gasteiger partial charge in [0.15, 0.2) is 11.5 Å². The van der Waals surface area contributed by atoms with E-state index >= 15 is 0 Å². The summed E-state index contributed by atoms with van der Waals surface area (Å²) >= 11 is 0. The van der Waals surface area contributed by atoms with Gasteiger partial charge in [0, 0.05) is 6.54 Å². The number of esters is 1. The number of hydrogen-bond donors (Lipinski definition) is 0. The van der Waals surface area contributed by atoms with Crippen LogP contribution in [0, 0.1) is 0 Å². The Kier molecular flexibility index (Phi) is 11.3. The maximum absolute atomic E-state index is 12.1. The van der Waals surface area contributed by atoms with Crippen LogP contribution < -0.4 is 14.2 Å². The molecule has 0 aliphatic rings. The van der Waals surface area contributed by atoms with Gasteiger partial charge in [-0.1, -0.05) is 26.2 Å². The van der Waals surface area contributed by atoms with E-state index in [1.165, 1.54) is 12.8 Å². The van der Waals surface area contributed by atoms with Crippen molar-refractivity contribution in [2.75, 3.05) is 48.1 Å². The van der Waals surface area contributed by atoms with Crippen LogP contribution in [0.25, 0.3) is 0 Å². The Labute approximate surface area is 163 Å². The van der Waals surface area contributed by atoms with Crippen molar-refractivity contribution in [1.29, 1.82) is 0 Å². The van der Waals surface area contributed by atoms with Crippen molar-refractivity contribution in [2.24, 2.45) is 0 Å². The van der Waals surface area contributed by atoms with E-state index in [0.29, 0.717) is 30.5 Å². The van der Waals surface area contributed by atoms with E-state index in [4.69, 9.17) is 18.9 Å². The molecule has 154 valence electrons. The maximum atomic E-state index is 12.1. The number of ether oxygens (including phenoxy) is 4. The van der Waals surface area contributed by atoms with E-state index in [-0.39, 0.29) is 12.4 Å². The number of benzene rings is 1. The summed E-state index contributed by atoms with van der Waals surface area (Å²) in [5.41, 5.74) is 0.777. The van der Waals surface area contributed by atoms with Gasteiger partial charge in [0.05, 0.1) is 33.9 Å². The summed E-state index contributed by atoms with van der Waals surface area (Å²) in [6.07, 6.45) is 5.50. The summed E-state index contributed by atoms with van der Waals surface area (Å²) in [6.45, 7) is 4.10. The zero-order chi connectivity index (χ0) is 20.1. The van der Waals surface area contributed by atoms with Crippen molar-refractivity contribution in [3.63, 3.8) is 0 Å². The van der Waals surface area contributed by atoms with Gasteiger partial charge in [-0.25, -0.2) is 0 Å². The lowest BCUT2D eigenvalue weighted by Gasteiger charge is -2.16. The molecule has 1 rings (SSSR count). The number of carbonyl (C=O) groups is 1. The Bertz CT molecular complexity index is 534. The van der Waals surface area contributed by atoms with Crippen LogP contribution in [0.4, 0.5) is 0 Å². The first kappa shape index (κ1) is 23.1. The molecule has 0 aromatic heterocycles. The van der Waals surface area contributed by atoms with Crippen LogP contribution in [0.3, 0.4) is 0 Å². The predicted octanol–water partition coefficient (Wildman–Crippen LogP) is 3.70. The minimum atomic E-state index is -0.258. The fourth-order valence-electron chi connectivity index (χ4n) is 2.67. The third kappa shape index (κ3) is 9.00. The van der Waals surface area contributed by atoms with E-state index in [1.807, 2.05) is 26.2 Å². The lowest BCUT2D eigenvalue weighted by atomic mass is 10.1. The van der Waals surface area contributed by atoms with Crippen LogP contribution in [0.5, 0.6) is 17.2 Å². The second-order valence-corrected chi connectivity index (χ2v) is 6.79. The smallest absolute Gasteiger partial charge is 0.310 e. The molecule has 27 heavy (non-hydrogen) atoms. The van der Waals surface area contributed by atoms with Crippen LogP contribution in [0.1, 0.15) is 44.6 Å². The van der Waals surface area contributed by atoms with Gasteiger partial charge in [-0.15, -0.1) is 0 Å². The van der Waals surface area contributed by atoms with Crippen LogP contribution >= 0.6 is 0 Å². The highest BCUT2D eigenvalue weighted by atomic mass is 16.5. The first-order chi connectivity index (χ1) is 13.0. The summed E-state index contributed by atoms with van der Waals surface area (Å²) in [7, 11) is 7.16. The van der Waals surface area contributed by atoms with Crippen molar-refractivity contribution in [1.82, 2.24) is 4.90 Å². The molecule has 0 saturated carbocycles. The zero-order valence-electron chi connectivity index (χ0n) is 17.5. The van der Waals surface area contributed by atoms with E-state index in [0.717, 1.165) is 31.4 Å². The molecule has 1 aromatic rings. The Hall–Kier alpha value is -1.95. The highest BCUT2D eigenvalue weighted by Gasteiger charge is 2.16.